The summed E-state index contributed by atoms with van der Waals surface area (Å²) in [4.78, 5) is 8.52. The minimum atomic E-state index is -0.0446. The van der Waals surface area contributed by atoms with Gasteiger partial charge in [-0.3, -0.25) is 4.99 Å². The molecule has 7 heteroatoms. The summed E-state index contributed by atoms with van der Waals surface area (Å²) in [5.41, 5.74) is 1.09. The summed E-state index contributed by atoms with van der Waals surface area (Å²) in [6.07, 6.45) is 2.66. The standard InChI is InChI=1S/C21H32N4O3/c1-21(2,3)18-13-24-19(28-18)14-25-20(22-4)23-11-6-12-27-15-16-7-9-17(26-5)10-8-16/h7-10,13H,6,11-12,14-15H2,1-5H3,(H2,22,23,25). The third-order valence-corrected chi connectivity index (χ3v) is 4.11. The predicted molar refractivity (Wildman–Crippen MR) is 111 cm³/mol. The molecule has 0 spiro atoms. The molecule has 1 aromatic carbocycles. The number of benzene rings is 1. The number of methoxy groups -OCH3 is 1. The van der Waals surface area contributed by atoms with Gasteiger partial charge in [0.2, 0.25) is 5.89 Å². The molecule has 2 N–H and O–H groups in total. The summed E-state index contributed by atoms with van der Waals surface area (Å²) in [5.74, 6) is 3.09. The lowest BCUT2D eigenvalue weighted by Gasteiger charge is -2.13. The van der Waals surface area contributed by atoms with Gasteiger partial charge in [-0.05, 0) is 24.1 Å². The van der Waals surface area contributed by atoms with Crippen molar-refractivity contribution in [2.75, 3.05) is 27.3 Å². The first-order valence-electron chi connectivity index (χ1n) is 9.52. The predicted octanol–water partition coefficient (Wildman–Crippen LogP) is 3.25. The molecule has 0 saturated carbocycles. The van der Waals surface area contributed by atoms with Gasteiger partial charge in [-0.1, -0.05) is 32.9 Å². The summed E-state index contributed by atoms with van der Waals surface area (Å²) < 4.78 is 16.6. The zero-order valence-corrected chi connectivity index (χ0v) is 17.5. The quantitative estimate of drug-likeness (QED) is 0.390. The highest BCUT2D eigenvalue weighted by Gasteiger charge is 2.19. The number of guanidine groups is 1. The van der Waals surface area contributed by atoms with Gasteiger partial charge in [-0.15, -0.1) is 0 Å². The van der Waals surface area contributed by atoms with E-state index < -0.39 is 0 Å². The van der Waals surface area contributed by atoms with Crippen LogP contribution in [0.3, 0.4) is 0 Å². The van der Waals surface area contributed by atoms with E-state index in [0.717, 1.165) is 30.0 Å². The maximum Gasteiger partial charge on any atom is 0.213 e. The van der Waals surface area contributed by atoms with Crippen molar-refractivity contribution < 1.29 is 13.9 Å². The van der Waals surface area contributed by atoms with Crippen LogP contribution in [0.15, 0.2) is 39.9 Å². The molecule has 154 valence electrons. The van der Waals surface area contributed by atoms with Crippen molar-refractivity contribution >= 4 is 5.96 Å². The van der Waals surface area contributed by atoms with Crippen molar-refractivity contribution in [1.82, 2.24) is 15.6 Å². The van der Waals surface area contributed by atoms with Gasteiger partial charge < -0.3 is 24.5 Å². The number of ether oxygens (including phenoxy) is 2. The smallest absolute Gasteiger partial charge is 0.213 e. The Morgan fingerprint density at radius 3 is 2.54 bits per heavy atom. The maximum atomic E-state index is 5.77. The Morgan fingerprint density at radius 1 is 1.18 bits per heavy atom. The summed E-state index contributed by atoms with van der Waals surface area (Å²) in [7, 11) is 3.40. The summed E-state index contributed by atoms with van der Waals surface area (Å²) in [6.45, 7) is 8.82. The first kappa shape index (κ1) is 21.8. The third kappa shape index (κ3) is 7.23. The number of rotatable bonds is 9. The Hall–Kier alpha value is -2.54. The fraction of sp³-hybridized carbons (Fsp3) is 0.524. The van der Waals surface area contributed by atoms with Crippen LogP contribution in [0.2, 0.25) is 0 Å². The van der Waals surface area contributed by atoms with E-state index in [0.29, 0.717) is 31.6 Å². The fourth-order valence-electron chi connectivity index (χ4n) is 2.41. The molecule has 1 aromatic heterocycles. The first-order chi connectivity index (χ1) is 13.4. The van der Waals surface area contributed by atoms with Gasteiger partial charge in [0, 0.05) is 25.6 Å². The Labute approximate surface area is 167 Å². The summed E-state index contributed by atoms with van der Waals surface area (Å²) >= 11 is 0. The van der Waals surface area contributed by atoms with Crippen molar-refractivity contribution in [3.8, 4) is 5.75 Å². The van der Waals surface area contributed by atoms with Crippen LogP contribution >= 0.6 is 0 Å². The maximum absolute atomic E-state index is 5.77. The van der Waals surface area contributed by atoms with Gasteiger partial charge in [-0.2, -0.15) is 0 Å². The van der Waals surface area contributed by atoms with E-state index >= 15 is 0 Å². The molecule has 0 fully saturated rings. The van der Waals surface area contributed by atoms with Gasteiger partial charge in [0.15, 0.2) is 5.96 Å². The SMILES string of the molecule is CN=C(NCCCOCc1ccc(OC)cc1)NCc1ncc(C(C)(C)C)o1. The molecular weight excluding hydrogens is 356 g/mol. The summed E-state index contributed by atoms with van der Waals surface area (Å²) in [6, 6.07) is 7.90. The Bertz CT molecular complexity index is 733. The summed E-state index contributed by atoms with van der Waals surface area (Å²) in [5, 5.41) is 6.47. The lowest BCUT2D eigenvalue weighted by Crippen LogP contribution is -2.37. The lowest BCUT2D eigenvalue weighted by molar-refractivity contribution is 0.119. The average Bonchev–Trinajstić information content (AvgIpc) is 3.17. The van der Waals surface area contributed by atoms with Crippen LogP contribution in [0.4, 0.5) is 0 Å². The number of hydrogen-bond donors (Lipinski definition) is 2. The molecule has 2 rings (SSSR count). The lowest BCUT2D eigenvalue weighted by atomic mass is 9.94. The van der Waals surface area contributed by atoms with E-state index in [1.54, 1.807) is 20.4 Å². The minimum Gasteiger partial charge on any atom is -0.497 e. The normalized spacial score (nSPS) is 12.1. The molecule has 0 saturated heterocycles. The van der Waals surface area contributed by atoms with Crippen molar-refractivity contribution in [1.29, 1.82) is 0 Å². The zero-order valence-electron chi connectivity index (χ0n) is 17.5. The molecule has 7 nitrogen and oxygen atoms in total. The van der Waals surface area contributed by atoms with Crippen molar-refractivity contribution in [2.45, 2.75) is 45.8 Å². The molecular formula is C21H32N4O3. The van der Waals surface area contributed by atoms with E-state index in [9.17, 15) is 0 Å². The zero-order chi connectivity index (χ0) is 20.4. The highest BCUT2D eigenvalue weighted by Crippen LogP contribution is 2.22. The van der Waals surface area contributed by atoms with E-state index in [4.69, 9.17) is 13.9 Å². The van der Waals surface area contributed by atoms with Gasteiger partial charge in [-0.25, -0.2) is 4.98 Å². The Balaban J connectivity index is 1.61. The number of nitrogens with zero attached hydrogens (tertiary/aromatic N) is 2. The van der Waals surface area contributed by atoms with Crippen LogP contribution in [0.1, 0.15) is 44.4 Å². The first-order valence-corrected chi connectivity index (χ1v) is 9.52. The highest BCUT2D eigenvalue weighted by molar-refractivity contribution is 5.79. The van der Waals surface area contributed by atoms with E-state index in [1.807, 2.05) is 24.3 Å². The van der Waals surface area contributed by atoms with Crippen molar-refractivity contribution in [3.63, 3.8) is 0 Å². The van der Waals surface area contributed by atoms with Crippen LogP contribution in [-0.4, -0.2) is 38.3 Å². The van der Waals surface area contributed by atoms with Gasteiger partial charge in [0.1, 0.15) is 11.5 Å². The second-order valence-corrected chi connectivity index (χ2v) is 7.48. The number of aromatic nitrogens is 1. The number of oxazole rings is 1. The molecule has 0 unspecified atom stereocenters. The number of aliphatic imine (C=N–C) groups is 1. The number of hydrogen-bond acceptors (Lipinski definition) is 5. The third-order valence-electron chi connectivity index (χ3n) is 4.11. The monoisotopic (exact) mass is 388 g/mol. The largest absolute Gasteiger partial charge is 0.497 e. The molecule has 0 radical (unpaired) electrons. The molecule has 0 aliphatic carbocycles. The molecule has 1 heterocycles. The van der Waals surface area contributed by atoms with Gasteiger partial charge >= 0.3 is 0 Å². The van der Waals surface area contributed by atoms with Gasteiger partial charge in [0.25, 0.3) is 0 Å². The second-order valence-electron chi connectivity index (χ2n) is 7.48. The van der Waals surface area contributed by atoms with E-state index in [2.05, 4.69) is 41.4 Å². The average molecular weight is 389 g/mol. The number of nitrogens with one attached hydrogen (secondary N) is 2. The molecule has 0 aliphatic heterocycles. The molecule has 0 atom stereocenters. The fourth-order valence-corrected chi connectivity index (χ4v) is 2.41. The van der Waals surface area contributed by atoms with Crippen LogP contribution in [0.5, 0.6) is 5.75 Å². The van der Waals surface area contributed by atoms with E-state index in [1.165, 1.54) is 0 Å². The van der Waals surface area contributed by atoms with E-state index in [-0.39, 0.29) is 5.41 Å². The highest BCUT2D eigenvalue weighted by atomic mass is 16.5. The molecule has 0 bridgehead atoms. The Morgan fingerprint density at radius 2 is 1.93 bits per heavy atom. The van der Waals surface area contributed by atoms with Gasteiger partial charge in [0.05, 0.1) is 26.5 Å². The minimum absolute atomic E-state index is 0.0446. The van der Waals surface area contributed by atoms with Crippen molar-refractivity contribution in [2.24, 2.45) is 4.99 Å². The van der Waals surface area contributed by atoms with Crippen LogP contribution in [0, 0.1) is 0 Å². The van der Waals surface area contributed by atoms with Crippen LogP contribution in [0.25, 0.3) is 0 Å². The topological polar surface area (TPSA) is 80.9 Å². The molecule has 0 aliphatic rings. The van der Waals surface area contributed by atoms with Crippen LogP contribution < -0.4 is 15.4 Å². The van der Waals surface area contributed by atoms with Crippen molar-refractivity contribution in [3.05, 3.63) is 47.7 Å². The Kier molecular flexibility index (Phi) is 8.32. The van der Waals surface area contributed by atoms with Crippen LogP contribution in [-0.2, 0) is 23.3 Å². The molecule has 0 amide bonds. The molecule has 2 aromatic rings. The second kappa shape index (κ2) is 10.7. The molecule has 28 heavy (non-hydrogen) atoms.